The van der Waals surface area contributed by atoms with E-state index in [9.17, 15) is 14.4 Å². The van der Waals surface area contributed by atoms with Crippen molar-refractivity contribution in [3.8, 4) is 0 Å². The molecule has 2 atom stereocenters. The highest BCUT2D eigenvalue weighted by molar-refractivity contribution is 5.89. The van der Waals surface area contributed by atoms with Crippen molar-refractivity contribution in [2.24, 2.45) is 5.92 Å². The Bertz CT molecular complexity index is 602. The molecule has 0 bridgehead atoms. The van der Waals surface area contributed by atoms with Crippen LogP contribution in [-0.4, -0.2) is 52.3 Å². The molecule has 130 valence electrons. The number of carbonyl (C=O) groups excluding carboxylic acids is 2. The van der Waals surface area contributed by atoms with E-state index in [1.54, 1.807) is 4.90 Å². The van der Waals surface area contributed by atoms with Gasteiger partial charge in [-0.2, -0.15) is 0 Å². The second-order valence-corrected chi connectivity index (χ2v) is 6.10. The number of carbonyl (C=O) groups is 3. The molecule has 1 aromatic rings. The van der Waals surface area contributed by atoms with Crippen LogP contribution in [0.4, 0.5) is 0 Å². The molecule has 6 heteroatoms. The molecule has 0 saturated carbocycles. The zero-order valence-electron chi connectivity index (χ0n) is 14.1. The number of hydrogen-bond donors (Lipinski definition) is 1. The second-order valence-electron chi connectivity index (χ2n) is 6.10. The smallest absolute Gasteiger partial charge is 0.305 e. The van der Waals surface area contributed by atoms with Crippen molar-refractivity contribution < 1.29 is 19.5 Å². The quantitative estimate of drug-likeness (QED) is 0.827. The van der Waals surface area contributed by atoms with Gasteiger partial charge in [-0.15, -0.1) is 0 Å². The van der Waals surface area contributed by atoms with Gasteiger partial charge in [0.1, 0.15) is 0 Å². The van der Waals surface area contributed by atoms with E-state index in [1.807, 2.05) is 44.2 Å². The van der Waals surface area contributed by atoms with Crippen LogP contribution in [0, 0.1) is 5.92 Å². The van der Waals surface area contributed by atoms with Crippen molar-refractivity contribution in [3.05, 3.63) is 35.9 Å². The Morgan fingerprint density at radius 1 is 1.33 bits per heavy atom. The van der Waals surface area contributed by atoms with Gasteiger partial charge in [0.05, 0.1) is 18.4 Å². The third-order valence-corrected chi connectivity index (χ3v) is 4.55. The molecule has 0 aliphatic carbocycles. The van der Waals surface area contributed by atoms with Gasteiger partial charge >= 0.3 is 5.97 Å². The van der Waals surface area contributed by atoms with Crippen LogP contribution in [0.3, 0.4) is 0 Å². The van der Waals surface area contributed by atoms with Crippen LogP contribution in [0.5, 0.6) is 0 Å². The Labute approximate surface area is 142 Å². The molecule has 1 aliphatic rings. The number of hydrogen-bond acceptors (Lipinski definition) is 3. The summed E-state index contributed by atoms with van der Waals surface area (Å²) in [5.74, 6) is -1.48. The SMILES string of the molecule is CCN(CCC(=O)O)C(=O)C1CC(=O)N(C(C)c2ccccc2)C1. The standard InChI is InChI=1S/C18H24N2O4/c1-3-19(10-9-17(22)23)18(24)15-11-16(21)20(12-15)13(2)14-7-5-4-6-8-14/h4-8,13,15H,3,9-12H2,1-2H3,(H,22,23). The fraction of sp³-hybridized carbons (Fsp3) is 0.500. The maximum Gasteiger partial charge on any atom is 0.305 e. The lowest BCUT2D eigenvalue weighted by Gasteiger charge is -2.26. The van der Waals surface area contributed by atoms with Gasteiger partial charge in [0, 0.05) is 26.1 Å². The first kappa shape index (κ1) is 18.0. The molecule has 24 heavy (non-hydrogen) atoms. The van der Waals surface area contributed by atoms with Gasteiger partial charge in [-0.1, -0.05) is 30.3 Å². The minimum Gasteiger partial charge on any atom is -0.481 e. The average Bonchev–Trinajstić information content (AvgIpc) is 2.97. The van der Waals surface area contributed by atoms with E-state index >= 15 is 0 Å². The number of benzene rings is 1. The summed E-state index contributed by atoms with van der Waals surface area (Å²) in [5.41, 5.74) is 1.04. The molecule has 1 heterocycles. The maximum atomic E-state index is 12.6. The van der Waals surface area contributed by atoms with E-state index in [4.69, 9.17) is 5.11 Å². The molecule has 1 aromatic carbocycles. The summed E-state index contributed by atoms with van der Waals surface area (Å²) in [4.78, 5) is 38.9. The predicted octanol–water partition coefficient (Wildman–Crippen LogP) is 1.92. The zero-order chi connectivity index (χ0) is 17.7. The van der Waals surface area contributed by atoms with Crippen molar-refractivity contribution in [1.29, 1.82) is 0 Å². The molecule has 0 spiro atoms. The van der Waals surface area contributed by atoms with Crippen LogP contribution in [0.1, 0.15) is 38.3 Å². The van der Waals surface area contributed by atoms with Gasteiger partial charge in [0.25, 0.3) is 0 Å². The van der Waals surface area contributed by atoms with Crippen LogP contribution in [0.15, 0.2) is 30.3 Å². The van der Waals surface area contributed by atoms with Gasteiger partial charge in [-0.3, -0.25) is 14.4 Å². The summed E-state index contributed by atoms with van der Waals surface area (Å²) in [7, 11) is 0. The van der Waals surface area contributed by atoms with Crippen molar-refractivity contribution >= 4 is 17.8 Å². The minimum atomic E-state index is -0.928. The fourth-order valence-electron chi connectivity index (χ4n) is 3.10. The summed E-state index contributed by atoms with van der Waals surface area (Å²) >= 11 is 0. The first-order valence-corrected chi connectivity index (χ1v) is 8.29. The molecule has 1 N–H and O–H groups in total. The number of amides is 2. The van der Waals surface area contributed by atoms with Crippen LogP contribution in [-0.2, 0) is 14.4 Å². The fourth-order valence-corrected chi connectivity index (χ4v) is 3.10. The Morgan fingerprint density at radius 2 is 2.00 bits per heavy atom. The molecule has 2 rings (SSSR count). The molecule has 2 amide bonds. The second kappa shape index (κ2) is 7.95. The summed E-state index contributed by atoms with van der Waals surface area (Å²) in [6, 6.07) is 9.65. The van der Waals surface area contributed by atoms with E-state index in [0.717, 1.165) is 5.56 Å². The monoisotopic (exact) mass is 332 g/mol. The molecular formula is C18H24N2O4. The van der Waals surface area contributed by atoms with Gasteiger partial charge < -0.3 is 14.9 Å². The number of rotatable bonds is 7. The van der Waals surface area contributed by atoms with Gasteiger partial charge in [0.2, 0.25) is 11.8 Å². The summed E-state index contributed by atoms with van der Waals surface area (Å²) in [6.45, 7) is 4.80. The van der Waals surface area contributed by atoms with E-state index in [0.29, 0.717) is 13.1 Å². The topological polar surface area (TPSA) is 77.9 Å². The van der Waals surface area contributed by atoms with Crippen LogP contribution in [0.2, 0.25) is 0 Å². The van der Waals surface area contributed by atoms with Gasteiger partial charge in [0.15, 0.2) is 0 Å². The lowest BCUT2D eigenvalue weighted by molar-refractivity contribution is -0.140. The first-order valence-electron chi connectivity index (χ1n) is 8.29. The van der Waals surface area contributed by atoms with Gasteiger partial charge in [-0.05, 0) is 19.4 Å². The normalized spacial score (nSPS) is 18.5. The van der Waals surface area contributed by atoms with Crippen molar-refractivity contribution in [3.63, 3.8) is 0 Å². The third-order valence-electron chi connectivity index (χ3n) is 4.55. The first-order chi connectivity index (χ1) is 11.4. The van der Waals surface area contributed by atoms with Crippen LogP contribution < -0.4 is 0 Å². The Hall–Kier alpha value is -2.37. The number of nitrogens with zero attached hydrogens (tertiary/aromatic N) is 2. The molecule has 1 fully saturated rings. The average molecular weight is 332 g/mol. The Balaban J connectivity index is 2.02. The van der Waals surface area contributed by atoms with Crippen LogP contribution in [0.25, 0.3) is 0 Å². The summed E-state index contributed by atoms with van der Waals surface area (Å²) < 4.78 is 0. The van der Waals surface area contributed by atoms with Crippen LogP contribution >= 0.6 is 0 Å². The van der Waals surface area contributed by atoms with Crippen molar-refractivity contribution in [1.82, 2.24) is 9.80 Å². The van der Waals surface area contributed by atoms with E-state index < -0.39 is 11.9 Å². The number of carboxylic acids is 1. The summed E-state index contributed by atoms with van der Waals surface area (Å²) in [6.07, 6.45) is 0.115. The van der Waals surface area contributed by atoms with Crippen molar-refractivity contribution in [2.45, 2.75) is 32.7 Å². The van der Waals surface area contributed by atoms with Gasteiger partial charge in [-0.25, -0.2) is 0 Å². The number of carboxylic acid groups (broad SMARTS) is 1. The maximum absolute atomic E-state index is 12.6. The van der Waals surface area contributed by atoms with E-state index in [1.165, 1.54) is 4.90 Å². The molecule has 0 aromatic heterocycles. The Kier molecular flexibility index (Phi) is 5.95. The number of aliphatic carboxylic acids is 1. The molecule has 6 nitrogen and oxygen atoms in total. The van der Waals surface area contributed by atoms with Crippen molar-refractivity contribution in [2.75, 3.05) is 19.6 Å². The molecule has 1 saturated heterocycles. The van der Waals surface area contributed by atoms with E-state index in [2.05, 4.69) is 0 Å². The largest absolute Gasteiger partial charge is 0.481 e. The number of likely N-dealkylation sites (tertiary alicyclic amines) is 1. The Morgan fingerprint density at radius 3 is 2.58 bits per heavy atom. The highest BCUT2D eigenvalue weighted by Crippen LogP contribution is 2.29. The highest BCUT2D eigenvalue weighted by atomic mass is 16.4. The van der Waals surface area contributed by atoms with E-state index in [-0.39, 0.29) is 37.2 Å². The molecule has 1 aliphatic heterocycles. The minimum absolute atomic E-state index is 0.0287. The predicted molar refractivity (Wildman–Crippen MR) is 89.2 cm³/mol. The lowest BCUT2D eigenvalue weighted by atomic mass is 10.1. The summed E-state index contributed by atoms with van der Waals surface area (Å²) in [5, 5.41) is 8.79. The zero-order valence-corrected chi connectivity index (χ0v) is 14.1. The molecular weight excluding hydrogens is 308 g/mol. The molecule has 0 radical (unpaired) electrons. The lowest BCUT2D eigenvalue weighted by Crippen LogP contribution is -2.38. The highest BCUT2D eigenvalue weighted by Gasteiger charge is 2.38. The molecule has 2 unspecified atom stereocenters. The third kappa shape index (κ3) is 4.13.